The van der Waals surface area contributed by atoms with E-state index in [2.05, 4.69) is 13.8 Å². The van der Waals surface area contributed by atoms with Gasteiger partial charge in [0.05, 0.1) is 5.60 Å². The highest BCUT2D eigenvalue weighted by Gasteiger charge is 2.44. The molecule has 1 fully saturated rings. The summed E-state index contributed by atoms with van der Waals surface area (Å²) in [6.07, 6.45) is -2.98. The van der Waals surface area contributed by atoms with Crippen LogP contribution in [0.25, 0.3) is 0 Å². The molecule has 1 aliphatic rings. The molecular weight excluding hydrogens is 243 g/mol. The van der Waals surface area contributed by atoms with Gasteiger partial charge in [-0.3, -0.25) is 0 Å². The van der Waals surface area contributed by atoms with Crippen LogP contribution in [0.1, 0.15) is 46.5 Å². The van der Waals surface area contributed by atoms with Crippen molar-refractivity contribution >= 4 is 0 Å². The van der Waals surface area contributed by atoms with Gasteiger partial charge in [0.2, 0.25) is 0 Å². The third-order valence-electron chi connectivity index (χ3n) is 4.14. The zero-order valence-electron chi connectivity index (χ0n) is 11.4. The fraction of sp³-hybridized carbons (Fsp3) is 1.00. The molecular formula is C13H24F3NO. The minimum Gasteiger partial charge on any atom is -0.361 e. The molecule has 18 heavy (non-hydrogen) atoms. The van der Waals surface area contributed by atoms with Crippen LogP contribution in [0.3, 0.4) is 0 Å². The molecule has 0 aromatic heterocycles. The summed E-state index contributed by atoms with van der Waals surface area (Å²) in [4.78, 5) is 0. The van der Waals surface area contributed by atoms with Crippen molar-refractivity contribution in [1.82, 2.24) is 0 Å². The standard InChI is InChI=1S/C13H24F3NO/c1-9(2)11-4-6-12(8-17,7-5-11)18-10(3)13(14,15)16/h9-11H,4-8,17H2,1-3H3. The average molecular weight is 267 g/mol. The number of rotatable bonds is 4. The first-order valence-electron chi connectivity index (χ1n) is 6.65. The second-order valence-electron chi connectivity index (χ2n) is 5.77. The van der Waals surface area contributed by atoms with Gasteiger partial charge in [0.1, 0.15) is 0 Å². The van der Waals surface area contributed by atoms with E-state index in [9.17, 15) is 13.2 Å². The number of halogens is 3. The van der Waals surface area contributed by atoms with Gasteiger partial charge in [-0.1, -0.05) is 13.8 Å². The molecule has 108 valence electrons. The fourth-order valence-electron chi connectivity index (χ4n) is 2.64. The normalized spacial score (nSPS) is 31.7. The quantitative estimate of drug-likeness (QED) is 0.846. The van der Waals surface area contributed by atoms with E-state index in [1.54, 1.807) is 0 Å². The topological polar surface area (TPSA) is 35.2 Å². The number of hydrogen-bond donors (Lipinski definition) is 1. The van der Waals surface area contributed by atoms with Gasteiger partial charge in [-0.15, -0.1) is 0 Å². The summed E-state index contributed by atoms with van der Waals surface area (Å²) in [6, 6.07) is 0. The Hall–Kier alpha value is -0.290. The van der Waals surface area contributed by atoms with Crippen molar-refractivity contribution in [2.24, 2.45) is 17.6 Å². The Labute approximate surface area is 107 Å². The van der Waals surface area contributed by atoms with E-state index in [1.165, 1.54) is 0 Å². The van der Waals surface area contributed by atoms with Crippen LogP contribution in [0.2, 0.25) is 0 Å². The van der Waals surface area contributed by atoms with Gasteiger partial charge in [-0.25, -0.2) is 0 Å². The number of hydrogen-bond acceptors (Lipinski definition) is 2. The van der Waals surface area contributed by atoms with Crippen molar-refractivity contribution in [3.8, 4) is 0 Å². The molecule has 5 heteroatoms. The lowest BCUT2D eigenvalue weighted by atomic mass is 9.74. The molecule has 2 nitrogen and oxygen atoms in total. The molecule has 0 aromatic rings. The Morgan fingerprint density at radius 3 is 2.06 bits per heavy atom. The zero-order chi connectivity index (χ0) is 14.0. The summed E-state index contributed by atoms with van der Waals surface area (Å²) in [5.41, 5.74) is 4.88. The van der Waals surface area contributed by atoms with Crippen LogP contribution < -0.4 is 5.73 Å². The first-order valence-corrected chi connectivity index (χ1v) is 6.65. The minimum absolute atomic E-state index is 0.165. The van der Waals surface area contributed by atoms with Crippen LogP contribution in [0.15, 0.2) is 0 Å². The van der Waals surface area contributed by atoms with Crippen LogP contribution in [0.4, 0.5) is 13.2 Å². The SMILES string of the molecule is CC(C)C1CCC(CN)(OC(C)C(F)(F)F)CC1. The van der Waals surface area contributed by atoms with Crippen molar-refractivity contribution in [3.05, 3.63) is 0 Å². The van der Waals surface area contributed by atoms with Crippen LogP contribution in [0, 0.1) is 11.8 Å². The molecule has 0 heterocycles. The second-order valence-corrected chi connectivity index (χ2v) is 5.77. The maximum atomic E-state index is 12.5. The molecule has 0 radical (unpaired) electrons. The van der Waals surface area contributed by atoms with Gasteiger partial charge in [0.15, 0.2) is 6.10 Å². The Morgan fingerprint density at radius 2 is 1.72 bits per heavy atom. The lowest BCUT2D eigenvalue weighted by Gasteiger charge is -2.42. The summed E-state index contributed by atoms with van der Waals surface area (Å²) in [7, 11) is 0. The largest absolute Gasteiger partial charge is 0.414 e. The second kappa shape index (κ2) is 5.78. The van der Waals surface area contributed by atoms with E-state index in [1.807, 2.05) is 0 Å². The van der Waals surface area contributed by atoms with E-state index < -0.39 is 17.9 Å². The monoisotopic (exact) mass is 267 g/mol. The number of alkyl halides is 3. The predicted molar refractivity (Wildman–Crippen MR) is 65.2 cm³/mol. The molecule has 1 atom stereocenters. The highest BCUT2D eigenvalue weighted by atomic mass is 19.4. The molecule has 0 bridgehead atoms. The molecule has 1 aliphatic carbocycles. The highest BCUT2D eigenvalue weighted by Crippen LogP contribution is 2.39. The molecule has 1 rings (SSSR count). The van der Waals surface area contributed by atoms with Crippen molar-refractivity contribution in [2.75, 3.05) is 6.54 Å². The van der Waals surface area contributed by atoms with Crippen LogP contribution in [-0.4, -0.2) is 24.4 Å². The molecule has 0 amide bonds. The predicted octanol–water partition coefficient (Wildman–Crippen LogP) is 3.50. The molecule has 2 N–H and O–H groups in total. The third-order valence-corrected chi connectivity index (χ3v) is 4.14. The molecule has 0 spiro atoms. The molecule has 0 aliphatic heterocycles. The van der Waals surface area contributed by atoms with E-state index >= 15 is 0 Å². The van der Waals surface area contributed by atoms with Crippen LogP contribution in [0.5, 0.6) is 0 Å². The van der Waals surface area contributed by atoms with Crippen molar-refractivity contribution in [2.45, 2.75) is 64.3 Å². The minimum atomic E-state index is -4.31. The zero-order valence-corrected chi connectivity index (χ0v) is 11.4. The molecule has 1 saturated carbocycles. The molecule has 1 unspecified atom stereocenters. The van der Waals surface area contributed by atoms with Crippen molar-refractivity contribution in [1.29, 1.82) is 0 Å². The van der Waals surface area contributed by atoms with Gasteiger partial charge in [-0.2, -0.15) is 13.2 Å². The lowest BCUT2D eigenvalue weighted by molar-refractivity contribution is -0.251. The maximum absolute atomic E-state index is 12.5. The van der Waals surface area contributed by atoms with E-state index in [0.29, 0.717) is 24.7 Å². The fourth-order valence-corrected chi connectivity index (χ4v) is 2.64. The molecule has 0 saturated heterocycles. The highest BCUT2D eigenvalue weighted by molar-refractivity contribution is 4.90. The molecule has 0 aromatic carbocycles. The van der Waals surface area contributed by atoms with E-state index in [-0.39, 0.29) is 6.54 Å². The van der Waals surface area contributed by atoms with Gasteiger partial charge >= 0.3 is 6.18 Å². The van der Waals surface area contributed by atoms with Crippen molar-refractivity contribution < 1.29 is 17.9 Å². The van der Waals surface area contributed by atoms with E-state index in [4.69, 9.17) is 10.5 Å². The smallest absolute Gasteiger partial charge is 0.361 e. The van der Waals surface area contributed by atoms with Crippen molar-refractivity contribution in [3.63, 3.8) is 0 Å². The lowest BCUT2D eigenvalue weighted by Crippen LogP contribution is -2.49. The Kier molecular flexibility index (Phi) is 5.06. The summed E-state index contributed by atoms with van der Waals surface area (Å²) in [6.45, 7) is 5.53. The van der Waals surface area contributed by atoms with E-state index in [0.717, 1.165) is 19.8 Å². The first-order chi connectivity index (χ1) is 8.20. The van der Waals surface area contributed by atoms with Crippen LogP contribution in [-0.2, 0) is 4.74 Å². The summed E-state index contributed by atoms with van der Waals surface area (Å²) >= 11 is 0. The number of ether oxygens (including phenoxy) is 1. The Morgan fingerprint density at radius 1 is 1.22 bits per heavy atom. The van der Waals surface area contributed by atoms with Crippen LogP contribution >= 0.6 is 0 Å². The maximum Gasteiger partial charge on any atom is 0.414 e. The third kappa shape index (κ3) is 3.85. The number of nitrogens with two attached hydrogens (primary N) is 1. The Bertz CT molecular complexity index is 257. The summed E-state index contributed by atoms with van der Waals surface area (Å²) in [5.74, 6) is 1.15. The van der Waals surface area contributed by atoms with Gasteiger partial charge in [0.25, 0.3) is 0 Å². The summed E-state index contributed by atoms with van der Waals surface area (Å²) < 4.78 is 42.9. The average Bonchev–Trinajstić information content (AvgIpc) is 2.28. The summed E-state index contributed by atoms with van der Waals surface area (Å²) in [5, 5.41) is 0. The van der Waals surface area contributed by atoms with Gasteiger partial charge in [0, 0.05) is 6.54 Å². The first kappa shape index (κ1) is 15.8. The van der Waals surface area contributed by atoms with Gasteiger partial charge in [-0.05, 0) is 44.4 Å². The Balaban J connectivity index is 2.61. The van der Waals surface area contributed by atoms with Gasteiger partial charge < -0.3 is 10.5 Å².